The van der Waals surface area contributed by atoms with Crippen molar-refractivity contribution in [2.75, 3.05) is 19.8 Å². The van der Waals surface area contributed by atoms with E-state index in [0.29, 0.717) is 12.2 Å². The molecule has 0 amide bonds. The van der Waals surface area contributed by atoms with E-state index in [1.54, 1.807) is 0 Å². The van der Waals surface area contributed by atoms with E-state index in [-0.39, 0.29) is 0 Å². The van der Waals surface area contributed by atoms with Crippen LogP contribution in [-0.4, -0.2) is 38.0 Å². The van der Waals surface area contributed by atoms with Gasteiger partial charge in [-0.15, -0.1) is 0 Å². The van der Waals surface area contributed by atoms with E-state index in [2.05, 4.69) is 12.2 Å². The van der Waals surface area contributed by atoms with Crippen molar-refractivity contribution in [3.63, 3.8) is 0 Å². The molecule has 0 spiro atoms. The van der Waals surface area contributed by atoms with Gasteiger partial charge in [0.15, 0.2) is 0 Å². The number of rotatable bonds is 6. The minimum atomic E-state index is 0.397. The fourth-order valence-corrected chi connectivity index (χ4v) is 1.96. The zero-order valence-corrected chi connectivity index (χ0v) is 9.71. The van der Waals surface area contributed by atoms with Crippen molar-refractivity contribution in [2.45, 2.75) is 57.3 Å². The maximum Gasteiger partial charge on any atom is 0.0700 e. The highest BCUT2D eigenvalue weighted by atomic mass is 16.5. The molecule has 0 aromatic rings. The Balaban J connectivity index is 1.63. The molecule has 1 saturated heterocycles. The summed E-state index contributed by atoms with van der Waals surface area (Å²) in [5.41, 5.74) is 0. The van der Waals surface area contributed by atoms with Crippen LogP contribution >= 0.6 is 0 Å². The topological polar surface area (TPSA) is 30.5 Å². The molecular weight excluding hydrogens is 190 g/mol. The van der Waals surface area contributed by atoms with Gasteiger partial charge in [-0.05, 0) is 32.1 Å². The van der Waals surface area contributed by atoms with Crippen molar-refractivity contribution in [3.8, 4) is 0 Å². The first-order valence-corrected chi connectivity index (χ1v) is 6.35. The molecule has 3 nitrogen and oxygen atoms in total. The Morgan fingerprint density at radius 2 is 2.00 bits per heavy atom. The number of nitrogens with one attached hydrogen (secondary N) is 1. The van der Waals surface area contributed by atoms with Crippen LogP contribution in [0.2, 0.25) is 0 Å². The highest BCUT2D eigenvalue weighted by molar-refractivity contribution is 4.82. The Labute approximate surface area is 92.5 Å². The average Bonchev–Trinajstić information content (AvgIpc) is 3.09. The third-order valence-corrected chi connectivity index (χ3v) is 3.22. The highest BCUT2D eigenvalue weighted by Crippen LogP contribution is 2.19. The monoisotopic (exact) mass is 213 g/mol. The lowest BCUT2D eigenvalue weighted by molar-refractivity contribution is -0.0682. The maximum absolute atomic E-state index is 6.08. The van der Waals surface area contributed by atoms with Gasteiger partial charge >= 0.3 is 0 Å². The molecule has 3 heteroatoms. The summed E-state index contributed by atoms with van der Waals surface area (Å²) in [6.45, 7) is 4.98. The van der Waals surface area contributed by atoms with Gasteiger partial charge in [0.1, 0.15) is 0 Å². The minimum Gasteiger partial charge on any atom is -0.381 e. The van der Waals surface area contributed by atoms with Crippen molar-refractivity contribution < 1.29 is 9.47 Å². The smallest absolute Gasteiger partial charge is 0.0700 e. The van der Waals surface area contributed by atoms with Crippen LogP contribution in [0.4, 0.5) is 0 Å². The fraction of sp³-hybridized carbons (Fsp3) is 1.00. The second kappa shape index (κ2) is 5.83. The molecule has 2 fully saturated rings. The molecule has 0 radical (unpaired) electrons. The quantitative estimate of drug-likeness (QED) is 0.728. The van der Waals surface area contributed by atoms with Gasteiger partial charge in [-0.2, -0.15) is 0 Å². The van der Waals surface area contributed by atoms with Gasteiger partial charge in [0.2, 0.25) is 0 Å². The summed E-state index contributed by atoms with van der Waals surface area (Å²) in [5, 5.41) is 3.54. The molecule has 15 heavy (non-hydrogen) atoms. The van der Waals surface area contributed by atoms with Gasteiger partial charge in [-0.1, -0.05) is 6.92 Å². The van der Waals surface area contributed by atoms with Crippen LogP contribution in [0.15, 0.2) is 0 Å². The molecule has 2 aliphatic rings. The van der Waals surface area contributed by atoms with Crippen molar-refractivity contribution in [2.24, 2.45) is 0 Å². The lowest BCUT2D eigenvalue weighted by Crippen LogP contribution is -2.35. The number of hydrogen-bond acceptors (Lipinski definition) is 3. The Morgan fingerprint density at radius 1 is 1.27 bits per heavy atom. The summed E-state index contributed by atoms with van der Waals surface area (Å²) in [7, 11) is 0. The van der Waals surface area contributed by atoms with Crippen LogP contribution in [-0.2, 0) is 9.47 Å². The van der Waals surface area contributed by atoms with E-state index in [1.807, 2.05) is 0 Å². The van der Waals surface area contributed by atoms with Crippen molar-refractivity contribution >= 4 is 0 Å². The molecule has 1 N–H and O–H groups in total. The molecule has 1 unspecified atom stereocenters. The average molecular weight is 213 g/mol. The Hall–Kier alpha value is -0.120. The van der Waals surface area contributed by atoms with Crippen LogP contribution < -0.4 is 5.32 Å². The zero-order chi connectivity index (χ0) is 10.5. The third kappa shape index (κ3) is 4.09. The lowest BCUT2D eigenvalue weighted by atomic mass is 10.1. The van der Waals surface area contributed by atoms with E-state index in [9.17, 15) is 0 Å². The molecular formula is C12H23NO2. The van der Waals surface area contributed by atoms with Crippen molar-refractivity contribution in [3.05, 3.63) is 0 Å². The van der Waals surface area contributed by atoms with Crippen LogP contribution in [0.3, 0.4) is 0 Å². The molecule has 1 aliphatic heterocycles. The summed E-state index contributed by atoms with van der Waals surface area (Å²) in [4.78, 5) is 0. The Morgan fingerprint density at radius 3 is 2.60 bits per heavy atom. The van der Waals surface area contributed by atoms with Gasteiger partial charge in [0, 0.05) is 25.8 Å². The normalized spacial score (nSPS) is 25.4. The zero-order valence-electron chi connectivity index (χ0n) is 9.71. The molecule has 0 aromatic carbocycles. The molecule has 1 heterocycles. The lowest BCUT2D eigenvalue weighted by Gasteiger charge is -2.27. The first-order valence-electron chi connectivity index (χ1n) is 6.35. The van der Waals surface area contributed by atoms with Crippen molar-refractivity contribution in [1.29, 1.82) is 0 Å². The van der Waals surface area contributed by atoms with Crippen LogP contribution in [0, 0.1) is 0 Å². The molecule has 2 rings (SSSR count). The molecule has 1 aliphatic carbocycles. The fourth-order valence-electron chi connectivity index (χ4n) is 1.96. The highest BCUT2D eigenvalue weighted by Gasteiger charge is 2.23. The summed E-state index contributed by atoms with van der Waals surface area (Å²) >= 11 is 0. The molecule has 0 bridgehead atoms. The Bertz CT molecular complexity index is 176. The van der Waals surface area contributed by atoms with E-state index >= 15 is 0 Å². The molecule has 1 saturated carbocycles. The second-order valence-corrected chi connectivity index (χ2v) is 4.66. The molecule has 88 valence electrons. The largest absolute Gasteiger partial charge is 0.381 e. The predicted octanol–water partition coefficient (Wildman–Crippen LogP) is 1.71. The number of ether oxygens (including phenoxy) is 2. The Kier molecular flexibility index (Phi) is 4.42. The molecule has 0 aromatic heterocycles. The minimum absolute atomic E-state index is 0.397. The predicted molar refractivity (Wildman–Crippen MR) is 60.0 cm³/mol. The van der Waals surface area contributed by atoms with Crippen LogP contribution in [0.5, 0.6) is 0 Å². The van der Waals surface area contributed by atoms with Gasteiger partial charge in [-0.3, -0.25) is 0 Å². The van der Waals surface area contributed by atoms with Gasteiger partial charge < -0.3 is 14.8 Å². The third-order valence-electron chi connectivity index (χ3n) is 3.22. The summed E-state index contributed by atoms with van der Waals surface area (Å²) in [6.07, 6.45) is 6.79. The van der Waals surface area contributed by atoms with Gasteiger partial charge in [0.25, 0.3) is 0 Å². The summed E-state index contributed by atoms with van der Waals surface area (Å²) in [5.74, 6) is 0. The van der Waals surface area contributed by atoms with E-state index in [0.717, 1.165) is 45.1 Å². The standard InChI is InChI=1S/C12H23NO2/c1-2-11(9-13-10-3-4-10)15-12-5-7-14-8-6-12/h10-13H,2-9H2,1H3. The molecule has 1 atom stereocenters. The summed E-state index contributed by atoms with van der Waals surface area (Å²) < 4.78 is 11.4. The summed E-state index contributed by atoms with van der Waals surface area (Å²) in [6, 6.07) is 0.789. The van der Waals surface area contributed by atoms with E-state index < -0.39 is 0 Å². The van der Waals surface area contributed by atoms with Crippen molar-refractivity contribution in [1.82, 2.24) is 5.32 Å². The van der Waals surface area contributed by atoms with Gasteiger partial charge in [0.05, 0.1) is 12.2 Å². The van der Waals surface area contributed by atoms with E-state index in [1.165, 1.54) is 12.8 Å². The van der Waals surface area contributed by atoms with E-state index in [4.69, 9.17) is 9.47 Å². The van der Waals surface area contributed by atoms with Crippen LogP contribution in [0.25, 0.3) is 0 Å². The van der Waals surface area contributed by atoms with Gasteiger partial charge in [-0.25, -0.2) is 0 Å². The second-order valence-electron chi connectivity index (χ2n) is 4.66. The number of hydrogen-bond donors (Lipinski definition) is 1. The maximum atomic E-state index is 6.08. The van der Waals surface area contributed by atoms with Crippen LogP contribution in [0.1, 0.15) is 39.0 Å². The first kappa shape index (κ1) is 11.4. The SMILES string of the molecule is CCC(CNC1CC1)OC1CCOCC1. The first-order chi connectivity index (χ1) is 7.38.